The number of hydrogen-bond acceptors (Lipinski definition) is 2. The quantitative estimate of drug-likeness (QED) is 0.804. The van der Waals surface area contributed by atoms with Crippen LogP contribution in [0.25, 0.3) is 0 Å². The van der Waals surface area contributed by atoms with Crippen molar-refractivity contribution in [1.82, 2.24) is 5.32 Å². The van der Waals surface area contributed by atoms with Crippen molar-refractivity contribution in [2.45, 2.75) is 32.2 Å². The highest BCUT2D eigenvalue weighted by molar-refractivity contribution is 7.99. The molecule has 0 bridgehead atoms. The summed E-state index contributed by atoms with van der Waals surface area (Å²) in [7, 11) is 2.11. The number of hydrogen-bond donors (Lipinski definition) is 1. The highest BCUT2D eigenvalue weighted by atomic mass is 32.2. The highest BCUT2D eigenvalue weighted by Gasteiger charge is 2.42. The van der Waals surface area contributed by atoms with E-state index < -0.39 is 0 Å². The zero-order valence-corrected chi connectivity index (χ0v) is 12.5. The van der Waals surface area contributed by atoms with Crippen molar-refractivity contribution in [3.05, 3.63) is 35.9 Å². The van der Waals surface area contributed by atoms with Gasteiger partial charge in [0.15, 0.2) is 0 Å². The van der Waals surface area contributed by atoms with E-state index in [9.17, 15) is 0 Å². The first-order valence-corrected chi connectivity index (χ1v) is 8.17. The average molecular weight is 263 g/mol. The number of rotatable bonds is 7. The summed E-state index contributed by atoms with van der Waals surface area (Å²) < 4.78 is 0. The molecule has 0 aromatic heterocycles. The maximum Gasteiger partial charge on any atom is 0.0189 e. The zero-order chi connectivity index (χ0) is 13.0. The molecule has 0 radical (unpaired) electrons. The van der Waals surface area contributed by atoms with Gasteiger partial charge in [0.25, 0.3) is 0 Å². The van der Waals surface area contributed by atoms with Gasteiger partial charge in [-0.05, 0) is 42.5 Å². The van der Waals surface area contributed by atoms with Crippen LogP contribution in [0.1, 0.15) is 31.7 Å². The van der Waals surface area contributed by atoms with Crippen LogP contribution in [0.3, 0.4) is 0 Å². The van der Waals surface area contributed by atoms with Crippen molar-refractivity contribution in [1.29, 1.82) is 0 Å². The first-order valence-electron chi connectivity index (χ1n) is 7.02. The van der Waals surface area contributed by atoms with E-state index in [4.69, 9.17) is 0 Å². The van der Waals surface area contributed by atoms with E-state index in [1.165, 1.54) is 23.5 Å². The third kappa shape index (κ3) is 3.76. The molecule has 0 aliphatic heterocycles. The smallest absolute Gasteiger partial charge is 0.0189 e. The maximum atomic E-state index is 3.52. The number of nitrogens with one attached hydrogen (secondary N) is 1. The molecule has 1 saturated carbocycles. The molecule has 1 N–H and O–H groups in total. The molecule has 1 nitrogen and oxygen atoms in total. The van der Waals surface area contributed by atoms with Crippen molar-refractivity contribution >= 4 is 11.8 Å². The molecule has 0 saturated heterocycles. The van der Waals surface area contributed by atoms with Crippen LogP contribution in [0.2, 0.25) is 0 Å². The Morgan fingerprint density at radius 3 is 2.56 bits per heavy atom. The lowest BCUT2D eigenvalue weighted by Crippen LogP contribution is -2.30. The van der Waals surface area contributed by atoms with Gasteiger partial charge in [-0.1, -0.05) is 44.2 Å². The van der Waals surface area contributed by atoms with Gasteiger partial charge in [0.1, 0.15) is 0 Å². The van der Waals surface area contributed by atoms with E-state index in [0.717, 1.165) is 17.8 Å². The molecule has 2 heteroatoms. The van der Waals surface area contributed by atoms with E-state index >= 15 is 0 Å². The molecule has 0 spiro atoms. The largest absolute Gasteiger partial charge is 0.316 e. The summed E-state index contributed by atoms with van der Waals surface area (Å²) >= 11 is 2.10. The highest BCUT2D eigenvalue weighted by Crippen LogP contribution is 2.49. The molecule has 3 atom stereocenters. The molecule has 3 unspecified atom stereocenters. The lowest BCUT2D eigenvalue weighted by Gasteiger charge is -2.16. The summed E-state index contributed by atoms with van der Waals surface area (Å²) in [6.07, 6.45) is 1.36. The Kier molecular flexibility index (Phi) is 5.13. The summed E-state index contributed by atoms with van der Waals surface area (Å²) in [5.74, 6) is 4.97. The Balaban J connectivity index is 1.81. The fourth-order valence-corrected chi connectivity index (χ4v) is 3.87. The van der Waals surface area contributed by atoms with Crippen LogP contribution in [0.4, 0.5) is 0 Å². The topological polar surface area (TPSA) is 12.0 Å². The molecule has 1 aromatic rings. The average Bonchev–Trinajstić information content (AvgIpc) is 3.15. The molecule has 18 heavy (non-hydrogen) atoms. The minimum absolute atomic E-state index is 0.680. The molecule has 1 aliphatic rings. The first kappa shape index (κ1) is 14.0. The van der Waals surface area contributed by atoms with Gasteiger partial charge in [-0.15, -0.1) is 0 Å². The van der Waals surface area contributed by atoms with Crippen LogP contribution in [-0.4, -0.2) is 24.6 Å². The van der Waals surface area contributed by atoms with Gasteiger partial charge in [-0.2, -0.15) is 11.8 Å². The second-order valence-corrected chi connectivity index (χ2v) is 6.82. The fraction of sp³-hybridized carbons (Fsp3) is 0.625. The molecular formula is C16H25NS. The summed E-state index contributed by atoms with van der Waals surface area (Å²) in [6.45, 7) is 4.59. The van der Waals surface area contributed by atoms with Gasteiger partial charge in [0.2, 0.25) is 0 Å². The Morgan fingerprint density at radius 2 is 1.94 bits per heavy atom. The van der Waals surface area contributed by atoms with Gasteiger partial charge < -0.3 is 5.32 Å². The fourth-order valence-electron chi connectivity index (χ4n) is 2.59. The Morgan fingerprint density at radius 1 is 1.22 bits per heavy atom. The maximum absolute atomic E-state index is 3.52. The molecule has 1 aliphatic carbocycles. The van der Waals surface area contributed by atoms with Crippen LogP contribution in [0.5, 0.6) is 0 Å². The standard InChI is InChI=1S/C16H25NS/c1-12(2)10-18-11-16(17-3)15-9-14(15)13-7-5-4-6-8-13/h4-8,12,14-17H,9-11H2,1-3H3. The molecule has 0 amide bonds. The second kappa shape index (κ2) is 6.63. The van der Waals surface area contributed by atoms with Crippen LogP contribution >= 0.6 is 11.8 Å². The Bertz CT molecular complexity index is 349. The third-order valence-corrected chi connectivity index (χ3v) is 5.20. The van der Waals surface area contributed by atoms with Crippen molar-refractivity contribution in [2.24, 2.45) is 11.8 Å². The Labute approximate surface area is 116 Å². The van der Waals surface area contributed by atoms with Crippen molar-refractivity contribution in [2.75, 3.05) is 18.6 Å². The van der Waals surface area contributed by atoms with Gasteiger partial charge in [0.05, 0.1) is 0 Å². The predicted octanol–water partition coefficient (Wildman–Crippen LogP) is 3.77. The van der Waals surface area contributed by atoms with E-state index in [1.807, 2.05) is 0 Å². The summed E-state index contributed by atoms with van der Waals surface area (Å²) in [4.78, 5) is 0. The minimum Gasteiger partial charge on any atom is -0.316 e. The van der Waals surface area contributed by atoms with Crippen molar-refractivity contribution in [3.63, 3.8) is 0 Å². The van der Waals surface area contributed by atoms with Crippen molar-refractivity contribution < 1.29 is 0 Å². The first-order chi connectivity index (χ1) is 8.72. The van der Waals surface area contributed by atoms with Gasteiger partial charge in [-0.3, -0.25) is 0 Å². The zero-order valence-electron chi connectivity index (χ0n) is 11.7. The second-order valence-electron chi connectivity index (χ2n) is 5.74. The molecule has 0 heterocycles. The lowest BCUT2D eigenvalue weighted by molar-refractivity contribution is 0.541. The van der Waals surface area contributed by atoms with Gasteiger partial charge in [-0.25, -0.2) is 0 Å². The summed E-state index contributed by atoms with van der Waals surface area (Å²) in [5, 5.41) is 3.52. The van der Waals surface area contributed by atoms with Crippen LogP contribution < -0.4 is 5.32 Å². The molecule has 1 fully saturated rings. The lowest BCUT2D eigenvalue weighted by atomic mass is 10.1. The third-order valence-electron chi connectivity index (χ3n) is 3.70. The normalized spacial score (nSPS) is 24.2. The van der Waals surface area contributed by atoms with E-state index in [0.29, 0.717) is 6.04 Å². The number of benzene rings is 1. The van der Waals surface area contributed by atoms with Crippen LogP contribution in [0, 0.1) is 11.8 Å². The summed E-state index contributed by atoms with van der Waals surface area (Å²) in [5.41, 5.74) is 1.52. The van der Waals surface area contributed by atoms with E-state index in [1.54, 1.807) is 0 Å². The van der Waals surface area contributed by atoms with E-state index in [2.05, 4.69) is 68.3 Å². The molecular weight excluding hydrogens is 238 g/mol. The monoisotopic (exact) mass is 263 g/mol. The van der Waals surface area contributed by atoms with Crippen LogP contribution in [-0.2, 0) is 0 Å². The van der Waals surface area contributed by atoms with Gasteiger partial charge in [0, 0.05) is 11.8 Å². The molecule has 100 valence electrons. The molecule has 2 rings (SSSR count). The summed E-state index contributed by atoms with van der Waals surface area (Å²) in [6, 6.07) is 11.7. The van der Waals surface area contributed by atoms with E-state index in [-0.39, 0.29) is 0 Å². The Hall–Kier alpha value is -0.470. The molecule has 1 aromatic carbocycles. The van der Waals surface area contributed by atoms with Gasteiger partial charge >= 0.3 is 0 Å². The predicted molar refractivity (Wildman–Crippen MR) is 82.3 cm³/mol. The SMILES string of the molecule is CNC(CSCC(C)C)C1CC1c1ccccc1. The van der Waals surface area contributed by atoms with Crippen LogP contribution in [0.15, 0.2) is 30.3 Å². The number of thioether (sulfide) groups is 1. The van der Waals surface area contributed by atoms with Crippen molar-refractivity contribution in [3.8, 4) is 0 Å². The minimum atomic E-state index is 0.680.